The van der Waals surface area contributed by atoms with E-state index in [1.54, 1.807) is 0 Å². The summed E-state index contributed by atoms with van der Waals surface area (Å²) in [5.74, 6) is 1.83. The van der Waals surface area contributed by atoms with Crippen LogP contribution < -0.4 is 5.73 Å². The molecule has 0 amide bonds. The molecule has 2 aromatic rings. The van der Waals surface area contributed by atoms with Crippen LogP contribution in [0.15, 0.2) is 28.8 Å². The van der Waals surface area contributed by atoms with Crippen LogP contribution in [0.3, 0.4) is 0 Å². The number of nitrogens with two attached hydrogens (primary N) is 1. The van der Waals surface area contributed by atoms with Crippen LogP contribution in [0, 0.1) is 0 Å². The number of hydrogen-bond donors (Lipinski definition) is 1. The Labute approximate surface area is 99.8 Å². The third kappa shape index (κ3) is 1.96. The molecule has 1 heterocycles. The van der Waals surface area contributed by atoms with Crippen LogP contribution in [-0.2, 0) is 6.54 Å². The van der Waals surface area contributed by atoms with Crippen molar-refractivity contribution in [3.63, 3.8) is 0 Å². The largest absolute Gasteiger partial charge is 0.338 e. The molecule has 17 heavy (non-hydrogen) atoms. The third-order valence-corrected chi connectivity index (χ3v) is 3.36. The summed E-state index contributed by atoms with van der Waals surface area (Å²) in [7, 11) is 0. The molecule has 0 spiro atoms. The summed E-state index contributed by atoms with van der Waals surface area (Å²) in [5.41, 5.74) is 7.85. The van der Waals surface area contributed by atoms with E-state index >= 15 is 0 Å². The predicted octanol–water partition coefficient (Wildman–Crippen LogP) is 2.46. The highest BCUT2D eigenvalue weighted by Gasteiger charge is 2.20. The number of nitrogens with zero attached hydrogens (tertiary/aromatic N) is 2. The zero-order chi connectivity index (χ0) is 11.7. The Kier molecular flexibility index (Phi) is 2.65. The standard InChI is InChI=1S/C13H15N3O/c14-8-12-15-13(16-17-12)11-6-2-5-10(7-11)9-3-1-4-9/h2,5-7,9H,1,3-4,8,14H2. The zero-order valence-corrected chi connectivity index (χ0v) is 9.60. The van der Waals surface area contributed by atoms with Crippen LogP contribution in [0.25, 0.3) is 11.4 Å². The Balaban J connectivity index is 1.91. The quantitative estimate of drug-likeness (QED) is 0.878. The minimum atomic E-state index is 0.287. The topological polar surface area (TPSA) is 64.9 Å². The van der Waals surface area contributed by atoms with Gasteiger partial charge in [-0.2, -0.15) is 4.98 Å². The molecule has 3 rings (SSSR count). The second-order valence-electron chi connectivity index (χ2n) is 4.47. The molecule has 1 aromatic heterocycles. The van der Waals surface area contributed by atoms with Crippen molar-refractivity contribution in [2.45, 2.75) is 31.7 Å². The Morgan fingerprint density at radius 1 is 1.35 bits per heavy atom. The van der Waals surface area contributed by atoms with Gasteiger partial charge in [-0.25, -0.2) is 0 Å². The van der Waals surface area contributed by atoms with E-state index in [-0.39, 0.29) is 6.54 Å². The molecule has 1 aliphatic rings. The van der Waals surface area contributed by atoms with E-state index in [0.29, 0.717) is 11.7 Å². The monoisotopic (exact) mass is 229 g/mol. The van der Waals surface area contributed by atoms with Crippen LogP contribution in [0.5, 0.6) is 0 Å². The number of rotatable bonds is 3. The van der Waals surface area contributed by atoms with Crippen molar-refractivity contribution < 1.29 is 4.52 Å². The number of hydrogen-bond acceptors (Lipinski definition) is 4. The number of aromatic nitrogens is 2. The van der Waals surface area contributed by atoms with E-state index in [1.165, 1.54) is 24.8 Å². The highest BCUT2D eigenvalue weighted by molar-refractivity contribution is 5.55. The van der Waals surface area contributed by atoms with Crippen molar-refractivity contribution >= 4 is 0 Å². The van der Waals surface area contributed by atoms with Crippen molar-refractivity contribution in [1.29, 1.82) is 0 Å². The molecule has 0 radical (unpaired) electrons. The molecule has 0 saturated heterocycles. The van der Waals surface area contributed by atoms with Gasteiger partial charge in [0.15, 0.2) is 0 Å². The lowest BCUT2D eigenvalue weighted by atomic mass is 9.80. The molecule has 88 valence electrons. The summed E-state index contributed by atoms with van der Waals surface area (Å²) in [4.78, 5) is 4.24. The van der Waals surface area contributed by atoms with Gasteiger partial charge in [0.25, 0.3) is 0 Å². The second-order valence-corrected chi connectivity index (χ2v) is 4.47. The van der Waals surface area contributed by atoms with Gasteiger partial charge in [-0.05, 0) is 30.4 Å². The lowest BCUT2D eigenvalue weighted by Gasteiger charge is -2.25. The SMILES string of the molecule is NCc1nc(-c2cccc(C3CCC3)c2)no1. The second kappa shape index (κ2) is 4.30. The van der Waals surface area contributed by atoms with E-state index in [0.717, 1.165) is 11.5 Å². The maximum Gasteiger partial charge on any atom is 0.240 e. The van der Waals surface area contributed by atoms with Gasteiger partial charge in [-0.15, -0.1) is 0 Å². The molecule has 0 unspecified atom stereocenters. The summed E-state index contributed by atoms with van der Waals surface area (Å²) in [5, 5.41) is 3.94. The van der Waals surface area contributed by atoms with Gasteiger partial charge >= 0.3 is 0 Å². The highest BCUT2D eigenvalue weighted by Crippen LogP contribution is 2.37. The van der Waals surface area contributed by atoms with E-state index in [9.17, 15) is 0 Å². The summed E-state index contributed by atoms with van der Waals surface area (Å²) in [6.07, 6.45) is 3.93. The maximum absolute atomic E-state index is 5.45. The minimum absolute atomic E-state index is 0.287. The Hall–Kier alpha value is -1.68. The van der Waals surface area contributed by atoms with Gasteiger partial charge in [-0.3, -0.25) is 0 Å². The average Bonchev–Trinajstić information content (AvgIpc) is 2.75. The van der Waals surface area contributed by atoms with Crippen molar-refractivity contribution in [3.8, 4) is 11.4 Å². The molecule has 0 aliphatic heterocycles. The summed E-state index contributed by atoms with van der Waals surface area (Å²) < 4.78 is 5.02. The number of benzene rings is 1. The Morgan fingerprint density at radius 2 is 2.24 bits per heavy atom. The first-order valence-corrected chi connectivity index (χ1v) is 6.00. The van der Waals surface area contributed by atoms with Crippen molar-refractivity contribution in [1.82, 2.24) is 10.1 Å². The molecule has 1 aromatic carbocycles. The van der Waals surface area contributed by atoms with E-state index in [4.69, 9.17) is 10.3 Å². The van der Waals surface area contributed by atoms with E-state index in [2.05, 4.69) is 28.3 Å². The fourth-order valence-electron chi connectivity index (χ4n) is 2.13. The van der Waals surface area contributed by atoms with E-state index in [1.807, 2.05) is 6.07 Å². The molecule has 4 nitrogen and oxygen atoms in total. The lowest BCUT2D eigenvalue weighted by Crippen LogP contribution is -2.08. The van der Waals surface area contributed by atoms with Crippen LogP contribution >= 0.6 is 0 Å². The summed E-state index contributed by atoms with van der Waals surface area (Å²) >= 11 is 0. The first kappa shape index (κ1) is 10.5. The van der Waals surface area contributed by atoms with Gasteiger partial charge in [0.05, 0.1) is 6.54 Å². The molecule has 1 fully saturated rings. The molecule has 4 heteroatoms. The molecule has 2 N–H and O–H groups in total. The molecular weight excluding hydrogens is 214 g/mol. The summed E-state index contributed by atoms with van der Waals surface area (Å²) in [6, 6.07) is 8.40. The van der Waals surface area contributed by atoms with Crippen LogP contribution in [-0.4, -0.2) is 10.1 Å². The van der Waals surface area contributed by atoms with Crippen molar-refractivity contribution in [2.75, 3.05) is 0 Å². The minimum Gasteiger partial charge on any atom is -0.338 e. The van der Waals surface area contributed by atoms with Gasteiger partial charge in [0, 0.05) is 5.56 Å². The fourth-order valence-corrected chi connectivity index (χ4v) is 2.13. The molecule has 1 saturated carbocycles. The Morgan fingerprint density at radius 3 is 2.88 bits per heavy atom. The van der Waals surface area contributed by atoms with E-state index < -0.39 is 0 Å². The average molecular weight is 229 g/mol. The predicted molar refractivity (Wildman–Crippen MR) is 64.2 cm³/mol. The van der Waals surface area contributed by atoms with Crippen LogP contribution in [0.1, 0.15) is 36.6 Å². The fraction of sp³-hybridized carbons (Fsp3) is 0.385. The molecule has 0 atom stereocenters. The Bertz CT molecular complexity index is 517. The normalized spacial score (nSPS) is 15.8. The van der Waals surface area contributed by atoms with Gasteiger partial charge in [-0.1, -0.05) is 29.8 Å². The van der Waals surface area contributed by atoms with Crippen LogP contribution in [0.2, 0.25) is 0 Å². The smallest absolute Gasteiger partial charge is 0.240 e. The molecule has 1 aliphatic carbocycles. The van der Waals surface area contributed by atoms with Crippen molar-refractivity contribution in [3.05, 3.63) is 35.7 Å². The maximum atomic E-state index is 5.45. The van der Waals surface area contributed by atoms with Crippen molar-refractivity contribution in [2.24, 2.45) is 5.73 Å². The summed E-state index contributed by atoms with van der Waals surface area (Å²) in [6.45, 7) is 0.287. The van der Waals surface area contributed by atoms with Crippen LogP contribution in [0.4, 0.5) is 0 Å². The van der Waals surface area contributed by atoms with Gasteiger partial charge < -0.3 is 10.3 Å². The molecule has 0 bridgehead atoms. The lowest BCUT2D eigenvalue weighted by molar-refractivity contribution is 0.380. The van der Waals surface area contributed by atoms with Gasteiger partial charge in [0.1, 0.15) is 0 Å². The first-order chi connectivity index (χ1) is 8.36. The molecular formula is C13H15N3O. The first-order valence-electron chi connectivity index (χ1n) is 6.00. The van der Waals surface area contributed by atoms with Gasteiger partial charge in [0.2, 0.25) is 11.7 Å². The highest BCUT2D eigenvalue weighted by atomic mass is 16.5. The zero-order valence-electron chi connectivity index (χ0n) is 9.60. The third-order valence-electron chi connectivity index (χ3n) is 3.36.